The minimum absolute atomic E-state index is 0. The van der Waals surface area contributed by atoms with Crippen LogP contribution in [-0.4, -0.2) is 83.3 Å². The monoisotopic (exact) mass is 940 g/mol. The van der Waals surface area contributed by atoms with E-state index < -0.39 is 19.1 Å². The van der Waals surface area contributed by atoms with Crippen molar-refractivity contribution in [3.8, 4) is 0 Å². The van der Waals surface area contributed by atoms with Gasteiger partial charge in [0.15, 0.2) is 0 Å². The van der Waals surface area contributed by atoms with Crippen LogP contribution in [0.1, 0.15) is 96.1 Å². The highest BCUT2D eigenvalue weighted by molar-refractivity contribution is 8.13. The van der Waals surface area contributed by atoms with Crippen LogP contribution in [0.3, 0.4) is 0 Å². The highest BCUT2D eigenvalue weighted by atomic mass is 35.7. The zero-order valence-electron chi connectivity index (χ0n) is 35.4. The standard InChI is InChI=1S/C23H30N2O2S.C16H24N2.C7H7ClO2S.3ClH/c1-3-25(28(26,27)21-11-8-18(2)9-12-21)16-5-15-24-17-14-20-7-4-6-19-10-13-22(24)23(19)20;1-2-17-10-4-11-18-12-9-14-6-3-5-13-7-8-15(18)16(13)14;1-6-2-4-7(5-3-6)11(8,9)10;;;/h4,6-9,11-12,22H,3,5,10,13-17H2,1-2H3;3,5-6,15,17H,2,4,7-12H2,1H3;2-5H,1H3;3*1H. The van der Waals surface area contributed by atoms with Crippen molar-refractivity contribution >= 4 is 67.0 Å². The molecule has 8 rings (SSSR count). The van der Waals surface area contributed by atoms with E-state index in [0.717, 1.165) is 56.2 Å². The predicted octanol–water partition coefficient (Wildman–Crippen LogP) is 9.66. The first-order valence-electron chi connectivity index (χ1n) is 20.9. The molecule has 0 aromatic heterocycles. The second-order valence-corrected chi connectivity index (χ2v) is 20.3. The first-order chi connectivity index (χ1) is 27.4. The van der Waals surface area contributed by atoms with Gasteiger partial charge in [-0.25, -0.2) is 16.8 Å². The molecule has 0 fully saturated rings. The van der Waals surface area contributed by atoms with Crippen LogP contribution in [-0.2, 0) is 44.8 Å². The van der Waals surface area contributed by atoms with Gasteiger partial charge in [-0.1, -0.05) is 85.6 Å². The molecule has 2 heterocycles. The summed E-state index contributed by atoms with van der Waals surface area (Å²) >= 11 is 0. The van der Waals surface area contributed by atoms with Crippen LogP contribution < -0.4 is 5.32 Å². The average Bonchev–Trinajstić information content (AvgIpc) is 3.84. The number of rotatable bonds is 13. The molecule has 8 nitrogen and oxygen atoms in total. The van der Waals surface area contributed by atoms with Gasteiger partial charge in [-0.05, 0) is 142 Å². The van der Waals surface area contributed by atoms with Crippen LogP contribution >= 0.6 is 47.9 Å². The van der Waals surface area contributed by atoms with Gasteiger partial charge in [-0.3, -0.25) is 9.80 Å². The van der Waals surface area contributed by atoms with Gasteiger partial charge in [0.1, 0.15) is 0 Å². The van der Waals surface area contributed by atoms with E-state index in [4.69, 9.17) is 10.7 Å². The van der Waals surface area contributed by atoms with Crippen molar-refractivity contribution in [1.82, 2.24) is 19.4 Å². The molecule has 0 spiro atoms. The second kappa shape index (κ2) is 24.0. The summed E-state index contributed by atoms with van der Waals surface area (Å²) in [6.07, 6.45) is 9.51. The van der Waals surface area contributed by atoms with Crippen LogP contribution in [0.2, 0.25) is 0 Å². The zero-order valence-corrected chi connectivity index (χ0v) is 40.3. The molecule has 14 heteroatoms. The Balaban J connectivity index is 0.000000259. The Bertz CT molecular complexity index is 2180. The molecule has 4 aromatic rings. The summed E-state index contributed by atoms with van der Waals surface area (Å²) in [4.78, 5) is 5.83. The Morgan fingerprint density at radius 3 is 1.50 bits per heavy atom. The third-order valence-electron chi connectivity index (χ3n) is 12.0. The topological polar surface area (TPSA) is 90.0 Å². The van der Waals surface area contributed by atoms with Crippen LogP contribution in [0.4, 0.5) is 0 Å². The highest BCUT2D eigenvalue weighted by Gasteiger charge is 2.34. The normalized spacial score (nSPS) is 17.7. The van der Waals surface area contributed by atoms with Crippen molar-refractivity contribution in [2.24, 2.45) is 0 Å². The van der Waals surface area contributed by atoms with E-state index in [1.807, 2.05) is 32.9 Å². The maximum Gasteiger partial charge on any atom is 0.261 e. The van der Waals surface area contributed by atoms with Crippen LogP contribution in [0.25, 0.3) is 0 Å². The van der Waals surface area contributed by atoms with E-state index in [1.165, 1.54) is 74.9 Å². The van der Waals surface area contributed by atoms with Gasteiger partial charge in [-0.2, -0.15) is 4.31 Å². The molecular formula is C46H64Cl4N4O4S2. The Kier molecular flexibility index (Phi) is 20.9. The lowest BCUT2D eigenvalue weighted by molar-refractivity contribution is 0.179. The molecule has 0 saturated heterocycles. The van der Waals surface area contributed by atoms with Crippen molar-refractivity contribution in [2.75, 3.05) is 52.4 Å². The summed E-state index contributed by atoms with van der Waals surface area (Å²) in [7, 11) is -1.88. The largest absolute Gasteiger partial charge is 0.317 e. The third kappa shape index (κ3) is 12.9. The highest BCUT2D eigenvalue weighted by Crippen LogP contribution is 2.42. The summed E-state index contributed by atoms with van der Waals surface area (Å²) in [5.74, 6) is 0. The number of nitrogens with one attached hydrogen (secondary N) is 1. The number of hydrogen-bond donors (Lipinski definition) is 1. The molecule has 4 aromatic carbocycles. The number of halogens is 4. The SMILES string of the molecule is CCN(CCCN1CCc2cccc3c2C1CC3)S(=O)(=O)c1ccc(C)cc1.CCNCCCN1CCc2cccc3c2C1CC3.Cc1ccc(S(=O)(=O)Cl)cc1.Cl.Cl.Cl. The van der Waals surface area contributed by atoms with Crippen molar-refractivity contribution in [3.63, 3.8) is 0 Å². The Morgan fingerprint density at radius 1 is 0.633 bits per heavy atom. The van der Waals surface area contributed by atoms with Crippen LogP contribution in [0.15, 0.2) is 94.7 Å². The minimum Gasteiger partial charge on any atom is -0.317 e. The predicted molar refractivity (Wildman–Crippen MR) is 255 cm³/mol. The number of benzene rings is 4. The third-order valence-corrected chi connectivity index (χ3v) is 15.4. The van der Waals surface area contributed by atoms with Gasteiger partial charge in [-0.15, -0.1) is 37.2 Å². The summed E-state index contributed by atoms with van der Waals surface area (Å²) in [5, 5.41) is 3.43. The van der Waals surface area contributed by atoms with Crippen LogP contribution in [0, 0.1) is 13.8 Å². The second-order valence-electron chi connectivity index (χ2n) is 15.8. The van der Waals surface area contributed by atoms with E-state index in [1.54, 1.807) is 50.8 Å². The molecule has 4 aliphatic rings. The zero-order chi connectivity index (χ0) is 40.6. The fourth-order valence-electron chi connectivity index (χ4n) is 9.08. The van der Waals surface area contributed by atoms with Crippen molar-refractivity contribution in [1.29, 1.82) is 0 Å². The summed E-state index contributed by atoms with van der Waals surface area (Å²) in [6.45, 7) is 15.8. The molecule has 0 amide bonds. The Hall–Kier alpha value is -2.22. The molecule has 0 saturated carbocycles. The van der Waals surface area contributed by atoms with E-state index in [0.29, 0.717) is 24.0 Å². The number of hydrogen-bond acceptors (Lipinski definition) is 7. The maximum absolute atomic E-state index is 13.0. The van der Waals surface area contributed by atoms with Crippen molar-refractivity contribution < 1.29 is 16.8 Å². The van der Waals surface area contributed by atoms with Crippen molar-refractivity contribution in [3.05, 3.63) is 129 Å². The smallest absolute Gasteiger partial charge is 0.261 e. The van der Waals surface area contributed by atoms with Gasteiger partial charge < -0.3 is 5.32 Å². The fraction of sp³-hybridized carbons (Fsp3) is 0.478. The first-order valence-corrected chi connectivity index (χ1v) is 24.6. The Labute approximate surface area is 383 Å². The lowest BCUT2D eigenvalue weighted by Gasteiger charge is -2.35. The quantitative estimate of drug-likeness (QED) is 0.106. The molecular weight excluding hydrogens is 878 g/mol. The summed E-state index contributed by atoms with van der Waals surface area (Å²) in [5.41, 5.74) is 11.6. The molecule has 0 radical (unpaired) electrons. The van der Waals surface area contributed by atoms with E-state index >= 15 is 0 Å². The first kappa shape index (κ1) is 52.1. The van der Waals surface area contributed by atoms with Gasteiger partial charge in [0.05, 0.1) is 9.79 Å². The van der Waals surface area contributed by atoms with Gasteiger partial charge in [0.25, 0.3) is 9.05 Å². The van der Waals surface area contributed by atoms with Crippen molar-refractivity contribution in [2.45, 2.75) is 101 Å². The lowest BCUT2D eigenvalue weighted by Crippen LogP contribution is -2.38. The maximum atomic E-state index is 13.0. The minimum atomic E-state index is -3.55. The fourth-order valence-corrected chi connectivity index (χ4v) is 11.3. The molecule has 1 N–H and O–H groups in total. The molecule has 0 bridgehead atoms. The Morgan fingerprint density at radius 2 is 1.07 bits per heavy atom. The molecule has 60 heavy (non-hydrogen) atoms. The van der Waals surface area contributed by atoms with Crippen LogP contribution in [0.5, 0.6) is 0 Å². The number of nitrogens with zero attached hydrogens (tertiary/aromatic N) is 3. The van der Waals surface area contributed by atoms with Gasteiger partial charge in [0, 0.05) is 55.5 Å². The molecule has 2 aliphatic heterocycles. The molecule has 2 aliphatic carbocycles. The number of aryl methyl sites for hydroxylation is 4. The average molecular weight is 943 g/mol. The number of sulfonamides is 1. The molecule has 332 valence electrons. The van der Waals surface area contributed by atoms with E-state index in [-0.39, 0.29) is 42.1 Å². The molecule has 2 atom stereocenters. The lowest BCUT2D eigenvalue weighted by atomic mass is 9.93. The van der Waals surface area contributed by atoms with Gasteiger partial charge >= 0.3 is 0 Å². The summed E-state index contributed by atoms with van der Waals surface area (Å²) in [6, 6.07) is 28.5. The van der Waals surface area contributed by atoms with E-state index in [9.17, 15) is 16.8 Å². The van der Waals surface area contributed by atoms with Gasteiger partial charge in [0.2, 0.25) is 10.0 Å². The summed E-state index contributed by atoms with van der Waals surface area (Å²) < 4.78 is 49.0. The molecule has 2 unspecified atom stereocenters. The van der Waals surface area contributed by atoms with E-state index in [2.05, 4.69) is 58.4 Å².